The second kappa shape index (κ2) is 9.62. The van der Waals surface area contributed by atoms with E-state index >= 15 is 0 Å². The molecule has 0 spiro atoms. The highest BCUT2D eigenvalue weighted by molar-refractivity contribution is 7.80. The second-order valence-corrected chi connectivity index (χ2v) is 9.59. The second-order valence-electron chi connectivity index (χ2n) is 9.21. The summed E-state index contributed by atoms with van der Waals surface area (Å²) >= 11 is 5.90. The lowest BCUT2D eigenvalue weighted by Crippen LogP contribution is -2.29. The lowest BCUT2D eigenvalue weighted by atomic mass is 9.96. The predicted octanol–water partition coefficient (Wildman–Crippen LogP) is 5.93. The maximum atomic E-state index is 5.90. The van der Waals surface area contributed by atoms with Crippen LogP contribution in [0.2, 0.25) is 0 Å². The number of rotatable bonds is 6. The van der Waals surface area contributed by atoms with Gasteiger partial charge >= 0.3 is 0 Å². The summed E-state index contributed by atoms with van der Waals surface area (Å²) in [5.41, 5.74) is 9.83. The highest BCUT2D eigenvalue weighted by atomic mass is 32.1. The van der Waals surface area contributed by atoms with E-state index in [1.54, 1.807) is 0 Å². The van der Waals surface area contributed by atoms with Crippen LogP contribution in [0.3, 0.4) is 0 Å². The van der Waals surface area contributed by atoms with Crippen LogP contribution in [0.1, 0.15) is 58.3 Å². The molecule has 0 amide bonds. The first-order valence-corrected chi connectivity index (χ1v) is 12.5. The quantitative estimate of drug-likeness (QED) is 0.346. The van der Waals surface area contributed by atoms with Crippen molar-refractivity contribution in [2.45, 2.75) is 52.7 Å². The minimum absolute atomic E-state index is 0.0135. The van der Waals surface area contributed by atoms with Crippen LogP contribution in [0.4, 0.5) is 0 Å². The molecule has 0 aliphatic carbocycles. The van der Waals surface area contributed by atoms with E-state index in [0.717, 1.165) is 17.2 Å². The van der Waals surface area contributed by atoms with Gasteiger partial charge in [-0.15, -0.1) is 0 Å². The van der Waals surface area contributed by atoms with Gasteiger partial charge in [-0.3, -0.25) is 9.97 Å². The molecule has 1 saturated heterocycles. The van der Waals surface area contributed by atoms with E-state index in [1.807, 2.05) is 30.7 Å². The van der Waals surface area contributed by atoms with E-state index in [-0.39, 0.29) is 12.1 Å². The van der Waals surface area contributed by atoms with Crippen molar-refractivity contribution in [3.8, 4) is 5.69 Å². The summed E-state index contributed by atoms with van der Waals surface area (Å²) in [4.78, 5) is 11.2. The number of aromatic nitrogens is 3. The van der Waals surface area contributed by atoms with Crippen LogP contribution in [0.25, 0.3) is 5.69 Å². The average molecular weight is 482 g/mol. The van der Waals surface area contributed by atoms with Gasteiger partial charge in [-0.25, -0.2) is 0 Å². The summed E-state index contributed by atoms with van der Waals surface area (Å²) in [5.74, 6) is 0. The molecule has 3 aromatic heterocycles. The molecular formula is C29H31N5S. The number of para-hydroxylation sites is 1. The van der Waals surface area contributed by atoms with Crippen LogP contribution in [-0.2, 0) is 13.0 Å². The minimum atomic E-state index is -0.0398. The SMILES string of the molecule is CCc1cccc(C)c1-n1c(C)cc([C@@H]2[C@@H](c3ccccn3)NC(=S)N2Cc2ccncc2)c1C. The highest BCUT2D eigenvalue weighted by Crippen LogP contribution is 2.42. The summed E-state index contributed by atoms with van der Waals surface area (Å²) in [5, 5.41) is 4.34. The zero-order valence-corrected chi connectivity index (χ0v) is 21.5. The van der Waals surface area contributed by atoms with Crippen molar-refractivity contribution >= 4 is 17.3 Å². The number of nitrogens with one attached hydrogen (secondary N) is 1. The van der Waals surface area contributed by atoms with Crippen LogP contribution in [0.15, 0.2) is 73.2 Å². The monoisotopic (exact) mass is 481 g/mol. The van der Waals surface area contributed by atoms with Crippen LogP contribution in [-0.4, -0.2) is 24.5 Å². The maximum absolute atomic E-state index is 5.90. The molecule has 5 rings (SSSR count). The summed E-state index contributed by atoms with van der Waals surface area (Å²) in [6.07, 6.45) is 6.52. The van der Waals surface area contributed by atoms with Crippen molar-refractivity contribution in [3.63, 3.8) is 0 Å². The molecule has 0 saturated carbocycles. The van der Waals surface area contributed by atoms with E-state index in [9.17, 15) is 0 Å². The molecule has 4 aromatic rings. The van der Waals surface area contributed by atoms with Gasteiger partial charge < -0.3 is 14.8 Å². The van der Waals surface area contributed by atoms with Gasteiger partial charge in [0.1, 0.15) is 0 Å². The first-order chi connectivity index (χ1) is 17.0. The smallest absolute Gasteiger partial charge is 0.170 e. The zero-order valence-electron chi connectivity index (χ0n) is 20.7. The number of aryl methyl sites for hydroxylation is 3. The Labute approximate surface area is 212 Å². The van der Waals surface area contributed by atoms with Crippen LogP contribution in [0, 0.1) is 20.8 Å². The molecule has 1 aromatic carbocycles. The van der Waals surface area contributed by atoms with Crippen LogP contribution in [0.5, 0.6) is 0 Å². The molecule has 1 N–H and O–H groups in total. The summed E-state index contributed by atoms with van der Waals surface area (Å²) in [7, 11) is 0. The Morgan fingerprint density at radius 1 is 0.971 bits per heavy atom. The lowest BCUT2D eigenvalue weighted by molar-refractivity contribution is 0.310. The van der Waals surface area contributed by atoms with E-state index < -0.39 is 0 Å². The first-order valence-electron chi connectivity index (χ1n) is 12.1. The Hall–Kier alpha value is -3.51. The third-order valence-corrected chi connectivity index (χ3v) is 7.37. The topological polar surface area (TPSA) is 46.0 Å². The Bertz CT molecular complexity index is 1350. The molecule has 0 bridgehead atoms. The van der Waals surface area contributed by atoms with Gasteiger partial charge in [-0.05, 0) is 92.0 Å². The molecule has 0 radical (unpaired) electrons. The number of pyridine rings is 2. The van der Waals surface area contributed by atoms with E-state index in [2.05, 4.69) is 89.9 Å². The fourth-order valence-corrected chi connectivity index (χ4v) is 5.66. The van der Waals surface area contributed by atoms with Crippen molar-refractivity contribution in [3.05, 3.63) is 113 Å². The summed E-state index contributed by atoms with van der Waals surface area (Å²) in [6, 6.07) is 19.1. The fraction of sp³-hybridized carbons (Fsp3) is 0.276. The molecule has 0 unspecified atom stereocenters. The Morgan fingerprint density at radius 2 is 1.77 bits per heavy atom. The number of hydrogen-bond donors (Lipinski definition) is 1. The van der Waals surface area contributed by atoms with Crippen molar-refractivity contribution < 1.29 is 0 Å². The van der Waals surface area contributed by atoms with Gasteiger partial charge in [0.25, 0.3) is 0 Å². The van der Waals surface area contributed by atoms with E-state index in [0.29, 0.717) is 6.54 Å². The predicted molar refractivity (Wildman–Crippen MR) is 145 cm³/mol. The maximum Gasteiger partial charge on any atom is 0.170 e. The van der Waals surface area contributed by atoms with Gasteiger partial charge in [-0.1, -0.05) is 31.2 Å². The van der Waals surface area contributed by atoms with Gasteiger partial charge in [0.2, 0.25) is 0 Å². The standard InChI is InChI=1S/C29H31N5S/c1-5-23-10-8-9-19(2)27(23)34-20(3)17-24(21(34)4)28-26(25-11-6-7-14-31-25)32-29(35)33(28)18-22-12-15-30-16-13-22/h6-17,26,28H,5,18H2,1-4H3,(H,32,35)/t26-,28-/m1/s1. The van der Waals surface area contributed by atoms with E-state index in [1.165, 1.54) is 39.3 Å². The zero-order chi connectivity index (χ0) is 24.5. The van der Waals surface area contributed by atoms with Gasteiger partial charge in [0.05, 0.1) is 23.5 Å². The highest BCUT2D eigenvalue weighted by Gasteiger charge is 2.41. The number of thiocarbonyl (C=S) groups is 1. The van der Waals surface area contributed by atoms with Crippen molar-refractivity contribution in [2.24, 2.45) is 0 Å². The van der Waals surface area contributed by atoms with Gasteiger partial charge in [0.15, 0.2) is 5.11 Å². The molecular weight excluding hydrogens is 450 g/mol. The number of nitrogens with zero attached hydrogens (tertiary/aromatic N) is 4. The van der Waals surface area contributed by atoms with E-state index in [4.69, 9.17) is 17.2 Å². The molecule has 178 valence electrons. The van der Waals surface area contributed by atoms with Crippen molar-refractivity contribution in [1.29, 1.82) is 0 Å². The number of hydrogen-bond acceptors (Lipinski definition) is 3. The Balaban J connectivity index is 1.66. The molecule has 1 fully saturated rings. The van der Waals surface area contributed by atoms with Gasteiger partial charge in [-0.2, -0.15) is 0 Å². The normalized spacial score (nSPS) is 17.6. The van der Waals surface area contributed by atoms with Crippen LogP contribution < -0.4 is 5.32 Å². The molecule has 35 heavy (non-hydrogen) atoms. The molecule has 6 heteroatoms. The Kier molecular flexibility index (Phi) is 6.39. The van der Waals surface area contributed by atoms with Crippen molar-refractivity contribution in [1.82, 2.24) is 24.8 Å². The first kappa shape index (κ1) is 23.2. The third-order valence-electron chi connectivity index (χ3n) is 7.01. The van der Waals surface area contributed by atoms with Crippen LogP contribution >= 0.6 is 12.2 Å². The summed E-state index contributed by atoms with van der Waals surface area (Å²) in [6.45, 7) is 9.56. The Morgan fingerprint density at radius 3 is 2.49 bits per heavy atom. The van der Waals surface area contributed by atoms with Crippen molar-refractivity contribution in [2.75, 3.05) is 0 Å². The fourth-order valence-electron chi connectivity index (χ4n) is 5.36. The molecule has 1 aliphatic rings. The molecule has 5 nitrogen and oxygen atoms in total. The van der Waals surface area contributed by atoms with Gasteiger partial charge in [0, 0.05) is 36.5 Å². The largest absolute Gasteiger partial charge is 0.352 e. The number of benzene rings is 1. The summed E-state index contributed by atoms with van der Waals surface area (Å²) < 4.78 is 2.42. The lowest BCUT2D eigenvalue weighted by Gasteiger charge is -2.28. The third kappa shape index (κ3) is 4.23. The molecule has 1 aliphatic heterocycles. The minimum Gasteiger partial charge on any atom is -0.352 e. The molecule has 2 atom stereocenters. The average Bonchev–Trinajstić information content (AvgIpc) is 3.35. The molecule has 4 heterocycles.